The first-order valence-corrected chi connectivity index (χ1v) is 7.19. The van der Waals surface area contributed by atoms with E-state index in [1.54, 1.807) is 6.92 Å². The summed E-state index contributed by atoms with van der Waals surface area (Å²) < 4.78 is 0. The molecule has 0 bridgehead atoms. The molecule has 0 radical (unpaired) electrons. The third kappa shape index (κ3) is 2.75. The highest BCUT2D eigenvalue weighted by molar-refractivity contribution is 7.99. The molecule has 0 spiro atoms. The predicted molar refractivity (Wildman–Crippen MR) is 73.5 cm³/mol. The van der Waals surface area contributed by atoms with Crippen molar-refractivity contribution in [3.8, 4) is 6.07 Å². The second-order valence-corrected chi connectivity index (χ2v) is 5.52. The Labute approximate surface area is 120 Å². The van der Waals surface area contributed by atoms with Crippen LogP contribution in [-0.4, -0.2) is 51.0 Å². The zero-order valence-electron chi connectivity index (χ0n) is 10.9. The summed E-state index contributed by atoms with van der Waals surface area (Å²) in [4.78, 5) is 29.0. The van der Waals surface area contributed by atoms with Crippen LogP contribution in [0.2, 0.25) is 0 Å². The van der Waals surface area contributed by atoms with Crippen LogP contribution in [0.5, 0.6) is 0 Å². The topological polar surface area (TPSA) is 94.3 Å². The number of hydrogen-bond donors (Lipinski definition) is 1. The van der Waals surface area contributed by atoms with Crippen molar-refractivity contribution in [3.05, 3.63) is 29.1 Å². The Morgan fingerprint density at radius 2 is 2.30 bits per heavy atom. The first kappa shape index (κ1) is 14.3. The predicted octanol–water partition coefficient (Wildman–Crippen LogP) is 0.904. The van der Waals surface area contributed by atoms with E-state index >= 15 is 0 Å². The molecule has 0 saturated carbocycles. The Morgan fingerprint density at radius 1 is 1.55 bits per heavy atom. The summed E-state index contributed by atoms with van der Waals surface area (Å²) >= 11 is 1.52. The van der Waals surface area contributed by atoms with Crippen LogP contribution < -0.4 is 0 Å². The number of nitrogens with zero attached hydrogens (tertiary/aromatic N) is 3. The third-order valence-electron chi connectivity index (χ3n) is 3.10. The molecule has 1 aliphatic rings. The Balaban J connectivity index is 2.28. The number of aliphatic carboxylic acids is 1. The van der Waals surface area contributed by atoms with Gasteiger partial charge in [-0.3, -0.25) is 4.79 Å². The van der Waals surface area contributed by atoms with Gasteiger partial charge >= 0.3 is 5.97 Å². The highest BCUT2D eigenvalue weighted by atomic mass is 32.2. The van der Waals surface area contributed by atoms with Crippen molar-refractivity contribution in [2.45, 2.75) is 13.0 Å². The van der Waals surface area contributed by atoms with Crippen molar-refractivity contribution < 1.29 is 14.7 Å². The van der Waals surface area contributed by atoms with E-state index in [1.807, 2.05) is 6.07 Å². The fourth-order valence-corrected chi connectivity index (χ4v) is 3.04. The van der Waals surface area contributed by atoms with Gasteiger partial charge in [-0.05, 0) is 19.1 Å². The van der Waals surface area contributed by atoms with Gasteiger partial charge in [0.15, 0.2) is 0 Å². The number of carboxylic acid groups (broad SMARTS) is 1. The number of nitriles is 1. The normalized spacial score (nSPS) is 18.4. The van der Waals surface area contributed by atoms with Gasteiger partial charge in [-0.25, -0.2) is 9.78 Å². The number of aryl methyl sites for hydroxylation is 1. The molecule has 1 fully saturated rings. The molecule has 2 rings (SSSR count). The summed E-state index contributed by atoms with van der Waals surface area (Å²) in [5.41, 5.74) is 1.06. The molecule has 104 valence electrons. The summed E-state index contributed by atoms with van der Waals surface area (Å²) in [7, 11) is 0. The molecule has 1 N–H and O–H groups in total. The molecule has 1 aromatic heterocycles. The van der Waals surface area contributed by atoms with E-state index in [0.29, 0.717) is 29.3 Å². The average molecular weight is 291 g/mol. The SMILES string of the molecule is Cc1nc(C(=O)N2CCSCC2C(=O)O)ccc1C#N. The molecule has 1 unspecified atom stereocenters. The van der Waals surface area contributed by atoms with Gasteiger partial charge in [-0.2, -0.15) is 17.0 Å². The fraction of sp³-hybridized carbons (Fsp3) is 0.385. The number of rotatable bonds is 2. The van der Waals surface area contributed by atoms with E-state index in [1.165, 1.54) is 28.8 Å². The van der Waals surface area contributed by atoms with Crippen molar-refractivity contribution in [3.63, 3.8) is 0 Å². The van der Waals surface area contributed by atoms with Crippen LogP contribution >= 0.6 is 11.8 Å². The number of amides is 1. The van der Waals surface area contributed by atoms with Crippen LogP contribution in [0.4, 0.5) is 0 Å². The molecule has 1 amide bonds. The number of carbonyl (C=O) groups is 2. The fourth-order valence-electron chi connectivity index (χ4n) is 2.00. The van der Waals surface area contributed by atoms with E-state index in [2.05, 4.69) is 4.98 Å². The standard InChI is InChI=1S/C13H13N3O3S/c1-8-9(6-14)2-3-10(15-8)12(17)16-4-5-20-7-11(16)13(18)19/h2-3,11H,4-5,7H2,1H3,(H,18,19). The molecule has 0 aromatic carbocycles. The zero-order valence-corrected chi connectivity index (χ0v) is 11.7. The van der Waals surface area contributed by atoms with E-state index in [-0.39, 0.29) is 5.69 Å². The minimum absolute atomic E-state index is 0.180. The van der Waals surface area contributed by atoms with Crippen LogP contribution in [0, 0.1) is 18.3 Å². The van der Waals surface area contributed by atoms with Gasteiger partial charge in [0.25, 0.3) is 5.91 Å². The molecule has 6 nitrogen and oxygen atoms in total. The summed E-state index contributed by atoms with van der Waals surface area (Å²) in [6, 6.07) is 4.16. The summed E-state index contributed by atoms with van der Waals surface area (Å²) in [5, 5.41) is 18.0. The van der Waals surface area contributed by atoms with Gasteiger partial charge in [0.1, 0.15) is 17.8 Å². The Kier molecular flexibility index (Phi) is 4.25. The van der Waals surface area contributed by atoms with Gasteiger partial charge in [0, 0.05) is 18.1 Å². The van der Waals surface area contributed by atoms with Crippen molar-refractivity contribution in [1.29, 1.82) is 5.26 Å². The number of hydrogen-bond acceptors (Lipinski definition) is 5. The molecule has 1 atom stereocenters. The summed E-state index contributed by atoms with van der Waals surface area (Å²) in [5.74, 6) is -0.303. The van der Waals surface area contributed by atoms with Crippen molar-refractivity contribution in [2.24, 2.45) is 0 Å². The molecule has 20 heavy (non-hydrogen) atoms. The Morgan fingerprint density at radius 3 is 2.90 bits per heavy atom. The number of pyridine rings is 1. The molecule has 1 saturated heterocycles. The monoisotopic (exact) mass is 291 g/mol. The van der Waals surface area contributed by atoms with Crippen LogP contribution in [0.3, 0.4) is 0 Å². The summed E-state index contributed by atoms with van der Waals surface area (Å²) in [6.45, 7) is 2.04. The maximum absolute atomic E-state index is 12.4. The lowest BCUT2D eigenvalue weighted by atomic mass is 10.1. The minimum atomic E-state index is -1.00. The van der Waals surface area contributed by atoms with Crippen LogP contribution in [0.1, 0.15) is 21.7 Å². The van der Waals surface area contributed by atoms with Gasteiger partial charge in [0.05, 0.1) is 11.3 Å². The number of aromatic nitrogens is 1. The number of carboxylic acids is 1. The van der Waals surface area contributed by atoms with Gasteiger partial charge in [0.2, 0.25) is 0 Å². The van der Waals surface area contributed by atoms with E-state index in [4.69, 9.17) is 5.26 Å². The average Bonchev–Trinajstić information content (AvgIpc) is 2.46. The Bertz CT molecular complexity index is 597. The highest BCUT2D eigenvalue weighted by Crippen LogP contribution is 2.19. The van der Waals surface area contributed by atoms with E-state index < -0.39 is 17.9 Å². The zero-order chi connectivity index (χ0) is 14.7. The number of carbonyl (C=O) groups excluding carboxylic acids is 1. The maximum Gasteiger partial charge on any atom is 0.327 e. The smallest absolute Gasteiger partial charge is 0.327 e. The molecule has 7 heteroatoms. The lowest BCUT2D eigenvalue weighted by molar-refractivity contribution is -0.141. The number of thioether (sulfide) groups is 1. The van der Waals surface area contributed by atoms with Crippen LogP contribution in [0.25, 0.3) is 0 Å². The van der Waals surface area contributed by atoms with E-state index in [9.17, 15) is 14.7 Å². The van der Waals surface area contributed by atoms with E-state index in [0.717, 1.165) is 0 Å². The van der Waals surface area contributed by atoms with Crippen LogP contribution in [0.15, 0.2) is 12.1 Å². The first-order chi connectivity index (χ1) is 9.54. The Hall–Kier alpha value is -2.07. The maximum atomic E-state index is 12.4. The third-order valence-corrected chi connectivity index (χ3v) is 4.12. The second kappa shape index (κ2) is 5.92. The summed E-state index contributed by atoms with van der Waals surface area (Å²) in [6.07, 6.45) is 0. The van der Waals surface area contributed by atoms with Crippen molar-refractivity contribution in [2.75, 3.05) is 18.1 Å². The van der Waals surface area contributed by atoms with Gasteiger partial charge in [-0.1, -0.05) is 0 Å². The molecule has 1 aromatic rings. The van der Waals surface area contributed by atoms with Crippen molar-refractivity contribution in [1.82, 2.24) is 9.88 Å². The highest BCUT2D eigenvalue weighted by Gasteiger charge is 2.33. The van der Waals surface area contributed by atoms with Gasteiger partial charge < -0.3 is 10.0 Å². The second-order valence-electron chi connectivity index (χ2n) is 4.37. The molecule has 2 heterocycles. The first-order valence-electron chi connectivity index (χ1n) is 6.04. The largest absolute Gasteiger partial charge is 0.480 e. The lowest BCUT2D eigenvalue weighted by Gasteiger charge is -2.32. The quantitative estimate of drug-likeness (QED) is 0.870. The molecular weight excluding hydrogens is 278 g/mol. The van der Waals surface area contributed by atoms with Crippen LogP contribution in [-0.2, 0) is 4.79 Å². The van der Waals surface area contributed by atoms with Gasteiger partial charge in [-0.15, -0.1) is 0 Å². The molecular formula is C13H13N3O3S. The van der Waals surface area contributed by atoms with Crippen molar-refractivity contribution >= 4 is 23.6 Å². The minimum Gasteiger partial charge on any atom is -0.480 e. The molecule has 0 aliphatic carbocycles. The molecule has 1 aliphatic heterocycles. The lowest BCUT2D eigenvalue weighted by Crippen LogP contribution is -2.50.